The van der Waals surface area contributed by atoms with Crippen LogP contribution in [0.2, 0.25) is 0 Å². The number of aromatic nitrogens is 5. The maximum Gasteiger partial charge on any atom is 0.317 e. The Kier molecular flexibility index (Phi) is 5.80. The van der Waals surface area contributed by atoms with Gasteiger partial charge in [0.25, 0.3) is 0 Å². The molecule has 4 aromatic rings. The summed E-state index contributed by atoms with van der Waals surface area (Å²) < 4.78 is 9.54. The summed E-state index contributed by atoms with van der Waals surface area (Å²) in [6.07, 6.45) is 3.83. The third-order valence-corrected chi connectivity index (χ3v) is 6.94. The average Bonchev–Trinajstić information content (AvgIpc) is 3.53. The molecule has 0 radical (unpaired) electrons. The number of nitrogens with one attached hydrogen (secondary N) is 1. The number of amides is 2. The van der Waals surface area contributed by atoms with Crippen molar-refractivity contribution in [2.75, 3.05) is 51.3 Å². The number of rotatable bonds is 5. The number of fused-ring (bicyclic) bond motifs is 1. The molecule has 2 saturated heterocycles. The number of carbonyl (C=O) groups is 1. The van der Waals surface area contributed by atoms with Crippen molar-refractivity contribution in [2.45, 2.75) is 13.5 Å². The fourth-order valence-corrected chi connectivity index (χ4v) is 5.00. The summed E-state index contributed by atoms with van der Waals surface area (Å²) in [6, 6.07) is 12.4. The van der Waals surface area contributed by atoms with Gasteiger partial charge in [-0.2, -0.15) is 5.10 Å². The molecular formula is C26H30N8O2. The van der Waals surface area contributed by atoms with E-state index in [1.54, 1.807) is 7.05 Å². The number of anilines is 1. The van der Waals surface area contributed by atoms with E-state index in [1.165, 1.54) is 5.56 Å². The number of benzene rings is 1. The number of hydrogen-bond donors (Lipinski definition) is 1. The van der Waals surface area contributed by atoms with E-state index in [0.29, 0.717) is 19.1 Å². The van der Waals surface area contributed by atoms with Crippen LogP contribution >= 0.6 is 0 Å². The minimum atomic E-state index is -0.0279. The molecule has 0 bridgehead atoms. The number of carbonyl (C=O) groups excluding carboxylic acids is 1. The van der Waals surface area contributed by atoms with E-state index in [0.717, 1.165) is 66.7 Å². The van der Waals surface area contributed by atoms with Crippen LogP contribution in [-0.2, 0) is 11.3 Å². The van der Waals surface area contributed by atoms with Crippen LogP contribution in [0.25, 0.3) is 28.2 Å². The van der Waals surface area contributed by atoms with Gasteiger partial charge in [0.2, 0.25) is 0 Å². The maximum atomic E-state index is 11.9. The molecule has 10 nitrogen and oxygen atoms in total. The van der Waals surface area contributed by atoms with E-state index in [9.17, 15) is 4.79 Å². The molecule has 1 N–H and O–H groups in total. The number of pyridine rings is 1. The van der Waals surface area contributed by atoms with Crippen molar-refractivity contribution in [1.29, 1.82) is 0 Å². The summed E-state index contributed by atoms with van der Waals surface area (Å²) in [4.78, 5) is 25.8. The summed E-state index contributed by atoms with van der Waals surface area (Å²) >= 11 is 0. The van der Waals surface area contributed by atoms with Crippen molar-refractivity contribution in [3.05, 3.63) is 54.5 Å². The Hall–Kier alpha value is -3.92. The largest absolute Gasteiger partial charge is 0.378 e. The zero-order valence-electron chi connectivity index (χ0n) is 20.6. The molecule has 10 heteroatoms. The number of aryl methyl sites for hydroxylation is 1. The summed E-state index contributed by atoms with van der Waals surface area (Å²) in [6.45, 7) is 7.31. The molecule has 2 amide bonds. The lowest BCUT2D eigenvalue weighted by Crippen LogP contribution is -2.54. The van der Waals surface area contributed by atoms with Gasteiger partial charge in [0.05, 0.1) is 30.9 Å². The van der Waals surface area contributed by atoms with Crippen molar-refractivity contribution in [2.24, 2.45) is 5.92 Å². The van der Waals surface area contributed by atoms with Crippen molar-refractivity contribution in [3.63, 3.8) is 0 Å². The van der Waals surface area contributed by atoms with Crippen LogP contribution < -0.4 is 10.2 Å². The second kappa shape index (κ2) is 9.27. The van der Waals surface area contributed by atoms with Gasteiger partial charge in [-0.3, -0.25) is 0 Å². The molecule has 0 aliphatic carbocycles. The number of morpholine rings is 1. The topological polar surface area (TPSA) is 93.3 Å². The predicted molar refractivity (Wildman–Crippen MR) is 137 cm³/mol. The molecule has 0 unspecified atom stereocenters. The van der Waals surface area contributed by atoms with Crippen LogP contribution in [0.5, 0.6) is 0 Å². The molecule has 0 saturated carbocycles. The Morgan fingerprint density at radius 2 is 2.00 bits per heavy atom. The van der Waals surface area contributed by atoms with Crippen LogP contribution in [0.4, 0.5) is 10.5 Å². The van der Waals surface area contributed by atoms with E-state index in [2.05, 4.69) is 52.0 Å². The van der Waals surface area contributed by atoms with E-state index < -0.39 is 0 Å². The van der Waals surface area contributed by atoms with Gasteiger partial charge in [-0.05, 0) is 19.1 Å². The molecule has 5 heterocycles. The number of hydrogen-bond acceptors (Lipinski definition) is 6. The second-order valence-corrected chi connectivity index (χ2v) is 9.51. The third-order valence-electron chi connectivity index (χ3n) is 6.94. The van der Waals surface area contributed by atoms with E-state index in [1.807, 2.05) is 28.2 Å². The zero-order chi connectivity index (χ0) is 24.6. The highest BCUT2D eigenvalue weighted by atomic mass is 16.5. The number of ether oxygens (including phenoxy) is 1. The van der Waals surface area contributed by atoms with Crippen LogP contribution in [0.3, 0.4) is 0 Å². The fraction of sp³-hybridized carbons (Fsp3) is 0.385. The number of imidazole rings is 1. The smallest absolute Gasteiger partial charge is 0.317 e. The summed E-state index contributed by atoms with van der Waals surface area (Å²) in [5, 5.41) is 7.55. The normalized spacial score (nSPS) is 16.4. The van der Waals surface area contributed by atoms with Gasteiger partial charge in [0, 0.05) is 63.5 Å². The lowest BCUT2D eigenvalue weighted by Gasteiger charge is -2.39. The van der Waals surface area contributed by atoms with Gasteiger partial charge < -0.3 is 24.4 Å². The molecule has 2 fully saturated rings. The highest BCUT2D eigenvalue weighted by molar-refractivity contribution is 5.87. The van der Waals surface area contributed by atoms with Crippen LogP contribution in [0.15, 0.2) is 48.9 Å². The molecular weight excluding hydrogens is 456 g/mol. The Morgan fingerprint density at radius 1 is 1.17 bits per heavy atom. The number of likely N-dealkylation sites (tertiary alicyclic amines) is 1. The van der Waals surface area contributed by atoms with Gasteiger partial charge in [-0.25, -0.2) is 19.4 Å². The minimum absolute atomic E-state index is 0.0279. The number of urea groups is 1. The molecule has 0 atom stereocenters. The van der Waals surface area contributed by atoms with Crippen molar-refractivity contribution in [3.8, 4) is 17.1 Å². The average molecular weight is 487 g/mol. The highest BCUT2D eigenvalue weighted by Crippen LogP contribution is 2.30. The fourth-order valence-electron chi connectivity index (χ4n) is 5.00. The first-order valence-corrected chi connectivity index (χ1v) is 12.4. The third kappa shape index (κ3) is 4.17. The van der Waals surface area contributed by atoms with Crippen LogP contribution in [0, 0.1) is 12.8 Å². The Labute approximate surface area is 209 Å². The molecule has 2 aliphatic rings. The number of nitrogens with zero attached hydrogens (tertiary/aromatic N) is 7. The molecule has 36 heavy (non-hydrogen) atoms. The molecule has 186 valence electrons. The molecule has 1 aromatic carbocycles. The van der Waals surface area contributed by atoms with Gasteiger partial charge in [0.1, 0.15) is 5.52 Å². The summed E-state index contributed by atoms with van der Waals surface area (Å²) in [5.41, 5.74) is 5.95. The molecule has 3 aromatic heterocycles. The first kappa shape index (κ1) is 22.5. The van der Waals surface area contributed by atoms with Crippen LogP contribution in [-0.4, -0.2) is 81.7 Å². The van der Waals surface area contributed by atoms with E-state index in [4.69, 9.17) is 19.8 Å². The van der Waals surface area contributed by atoms with Crippen molar-refractivity contribution in [1.82, 2.24) is 34.5 Å². The first-order valence-electron chi connectivity index (χ1n) is 12.4. The quantitative estimate of drug-likeness (QED) is 0.466. The summed E-state index contributed by atoms with van der Waals surface area (Å²) in [7, 11) is 1.66. The van der Waals surface area contributed by atoms with Crippen molar-refractivity contribution >= 4 is 22.9 Å². The zero-order valence-corrected chi connectivity index (χ0v) is 20.6. The first-order chi connectivity index (χ1) is 17.6. The Morgan fingerprint density at radius 3 is 2.78 bits per heavy atom. The maximum absolute atomic E-state index is 11.9. The highest BCUT2D eigenvalue weighted by Gasteiger charge is 2.31. The van der Waals surface area contributed by atoms with Gasteiger partial charge >= 0.3 is 6.03 Å². The summed E-state index contributed by atoms with van der Waals surface area (Å²) in [5.74, 6) is 1.12. The predicted octanol–water partition coefficient (Wildman–Crippen LogP) is 2.70. The molecule has 2 aliphatic heterocycles. The van der Waals surface area contributed by atoms with Crippen molar-refractivity contribution < 1.29 is 9.53 Å². The Bertz CT molecular complexity index is 1400. The van der Waals surface area contributed by atoms with Gasteiger partial charge in [-0.15, -0.1) is 0 Å². The molecule has 0 spiro atoms. The monoisotopic (exact) mass is 486 g/mol. The van der Waals surface area contributed by atoms with E-state index in [-0.39, 0.29) is 6.03 Å². The lowest BCUT2D eigenvalue weighted by molar-refractivity contribution is 0.112. The standard InChI is InChI=1S/C26H30N8O2/c1-18-4-3-5-20(12-18)21-6-7-34(30-21)23-13-22(31-8-10-36-11-9-31)24-25(29-23)33(17-28-24)16-19-14-32(15-19)26(35)27-2/h3-7,12-13,17,19H,8-11,14-16H2,1-2H3,(H,27,35). The Balaban J connectivity index is 1.36. The van der Waals surface area contributed by atoms with E-state index >= 15 is 0 Å². The lowest BCUT2D eigenvalue weighted by atomic mass is 10.0. The second-order valence-electron chi connectivity index (χ2n) is 9.51. The van der Waals surface area contributed by atoms with Crippen LogP contribution in [0.1, 0.15) is 5.56 Å². The van der Waals surface area contributed by atoms with Gasteiger partial charge in [0.15, 0.2) is 11.5 Å². The SMILES string of the molecule is CNC(=O)N1CC(Cn2cnc3c(N4CCOCC4)cc(-n4ccc(-c5cccc(C)c5)n4)nc32)C1. The van der Waals surface area contributed by atoms with Gasteiger partial charge in [-0.1, -0.05) is 23.8 Å². The molecule has 6 rings (SSSR count). The minimum Gasteiger partial charge on any atom is -0.378 e.